The maximum atomic E-state index is 13.3. The summed E-state index contributed by atoms with van der Waals surface area (Å²) in [4.78, 5) is 98.7. The molecule has 21 nitrogen and oxygen atoms in total. The van der Waals surface area contributed by atoms with Crippen LogP contribution in [0.15, 0.2) is 36.4 Å². The van der Waals surface area contributed by atoms with Crippen molar-refractivity contribution >= 4 is 87.9 Å². The van der Waals surface area contributed by atoms with Gasteiger partial charge in [-0.25, -0.2) is 4.79 Å². The Bertz CT molecular complexity index is 1840. The van der Waals surface area contributed by atoms with E-state index >= 15 is 0 Å². The van der Waals surface area contributed by atoms with Gasteiger partial charge in [0.2, 0.25) is 23.6 Å². The zero-order chi connectivity index (χ0) is 47.7. The molecule has 0 bridgehead atoms. The minimum Gasteiger partial charge on any atom is -0.481 e. The molecule has 3 aliphatic heterocycles. The number of carbonyl (C=O) groups excluding carboxylic acids is 7. The van der Waals surface area contributed by atoms with Crippen LogP contribution < -0.4 is 37.2 Å². The van der Waals surface area contributed by atoms with Crippen LogP contribution in [0.5, 0.6) is 0 Å². The van der Waals surface area contributed by atoms with Crippen molar-refractivity contribution in [1.29, 1.82) is 0 Å². The number of urea groups is 1. The number of carboxylic acids is 1. The number of nitrogens with one attached hydrogen (secondary N) is 7. The van der Waals surface area contributed by atoms with Crippen molar-refractivity contribution in [2.24, 2.45) is 0 Å². The van der Waals surface area contributed by atoms with E-state index in [9.17, 15) is 43.5 Å². The molecule has 4 atom stereocenters. The number of rotatable bonds is 32. The smallest absolute Gasteiger partial charge is 0.315 e. The van der Waals surface area contributed by atoms with Crippen molar-refractivity contribution in [1.82, 2.24) is 36.4 Å². The number of ether oxygens (including phenoxy) is 3. The van der Waals surface area contributed by atoms with Gasteiger partial charge < -0.3 is 61.4 Å². The van der Waals surface area contributed by atoms with Crippen molar-refractivity contribution in [3.05, 3.63) is 36.4 Å². The van der Waals surface area contributed by atoms with Crippen molar-refractivity contribution in [3.8, 4) is 0 Å². The molecule has 0 aromatic heterocycles. The van der Waals surface area contributed by atoms with Crippen LogP contribution in [0, 0.1) is 0 Å². The molecule has 4 rings (SSSR count). The van der Waals surface area contributed by atoms with Crippen molar-refractivity contribution < 1.29 is 57.7 Å². The van der Waals surface area contributed by atoms with E-state index in [2.05, 4.69) is 37.2 Å². The Hall–Kier alpha value is -5.36. The first-order valence-electron chi connectivity index (χ1n) is 22.2. The molecule has 0 radical (unpaired) electrons. The van der Waals surface area contributed by atoms with E-state index in [0.29, 0.717) is 95.0 Å². The van der Waals surface area contributed by atoms with E-state index in [4.69, 9.17) is 26.4 Å². The highest BCUT2D eigenvalue weighted by Gasteiger charge is 2.42. The second-order valence-electron chi connectivity index (χ2n) is 15.8. The third kappa shape index (κ3) is 20.0. The molecule has 8 amide bonds. The highest BCUT2D eigenvalue weighted by Crippen LogP contribution is 2.33. The average Bonchev–Trinajstić information content (AvgIpc) is 3.95. The van der Waals surface area contributed by atoms with Gasteiger partial charge in [0.05, 0.1) is 45.1 Å². The Kier molecular flexibility index (Phi) is 23.7. The van der Waals surface area contributed by atoms with E-state index in [1.165, 1.54) is 24.1 Å². The van der Waals surface area contributed by atoms with Crippen LogP contribution in [0.1, 0.15) is 64.2 Å². The number of thiocarbonyl (C=S) groups is 1. The highest BCUT2D eigenvalue weighted by molar-refractivity contribution is 8.00. The molecule has 0 saturated carbocycles. The summed E-state index contributed by atoms with van der Waals surface area (Å²) in [6.45, 7) is 2.99. The van der Waals surface area contributed by atoms with Gasteiger partial charge in [-0.15, -0.1) is 0 Å². The van der Waals surface area contributed by atoms with Gasteiger partial charge in [0.25, 0.3) is 11.8 Å². The van der Waals surface area contributed by atoms with Gasteiger partial charge in [-0.1, -0.05) is 6.42 Å². The number of hydrogen-bond acceptors (Lipinski definition) is 13. The van der Waals surface area contributed by atoms with Crippen LogP contribution in [0.2, 0.25) is 0 Å². The first kappa shape index (κ1) is 53.3. The molecular formula is C43H63N9O12S2. The van der Waals surface area contributed by atoms with Crippen LogP contribution in [0.4, 0.5) is 16.2 Å². The number of amides is 8. The Morgan fingerprint density at radius 1 is 0.788 bits per heavy atom. The lowest BCUT2D eigenvalue weighted by Gasteiger charge is -2.25. The number of hydrogen-bond donors (Lipinski definition) is 8. The van der Waals surface area contributed by atoms with Gasteiger partial charge in [-0.2, -0.15) is 11.8 Å². The van der Waals surface area contributed by atoms with E-state index in [1.54, 1.807) is 24.3 Å². The number of imide groups is 1. The van der Waals surface area contributed by atoms with Crippen molar-refractivity contribution in [2.45, 2.75) is 87.6 Å². The summed E-state index contributed by atoms with van der Waals surface area (Å²) in [6.07, 6.45) is 6.70. The third-order valence-corrected chi connectivity index (χ3v) is 12.2. The van der Waals surface area contributed by atoms with Gasteiger partial charge >= 0.3 is 12.0 Å². The molecule has 66 heavy (non-hydrogen) atoms. The molecule has 8 N–H and O–H groups in total. The Morgan fingerprint density at radius 3 is 2.02 bits per heavy atom. The molecule has 0 unspecified atom stereocenters. The number of nitrogens with zero attached hydrogens (tertiary/aromatic N) is 2. The molecule has 1 aromatic rings. The number of likely N-dealkylation sites (N-methyl/N-ethyl adjacent to an activating group) is 1. The molecule has 23 heteroatoms. The average molecular weight is 962 g/mol. The van der Waals surface area contributed by atoms with E-state index in [-0.39, 0.29) is 79.2 Å². The largest absolute Gasteiger partial charge is 0.481 e. The SMILES string of the molecule is CN(CC(=O)NCCCOCCOCCOCCCNC(=O)CCCN1C(=O)C=CC1=O)C(=O)[C@H](CCC(=O)O)NC(=S)Nc1ccc(NC(=O)CCCC[C@@H]2SC[C@@H]3NC(=O)N[C@@H]32)cc1. The van der Waals surface area contributed by atoms with Crippen molar-refractivity contribution in [3.63, 3.8) is 0 Å². The molecule has 3 heterocycles. The first-order valence-corrected chi connectivity index (χ1v) is 23.7. The normalized spacial score (nSPS) is 17.7. The summed E-state index contributed by atoms with van der Waals surface area (Å²) >= 11 is 7.28. The molecule has 3 aliphatic rings. The number of carbonyl (C=O) groups is 8. The van der Waals surface area contributed by atoms with Gasteiger partial charge in [-0.05, 0) is 75.0 Å². The fourth-order valence-electron chi connectivity index (χ4n) is 7.08. The lowest BCUT2D eigenvalue weighted by Crippen LogP contribution is -2.50. The molecular weight excluding hydrogens is 899 g/mol. The van der Waals surface area contributed by atoms with Crippen LogP contribution in [-0.2, 0) is 47.8 Å². The molecule has 2 fully saturated rings. The quantitative estimate of drug-likeness (QED) is 0.0217. The Morgan fingerprint density at radius 2 is 1.38 bits per heavy atom. The van der Waals surface area contributed by atoms with Gasteiger partial charge in [-0.3, -0.25) is 38.5 Å². The summed E-state index contributed by atoms with van der Waals surface area (Å²) in [7, 11) is 1.45. The monoisotopic (exact) mass is 961 g/mol. The zero-order valence-electron chi connectivity index (χ0n) is 37.3. The number of thioether (sulfide) groups is 1. The van der Waals surface area contributed by atoms with Crippen LogP contribution in [0.3, 0.4) is 0 Å². The van der Waals surface area contributed by atoms with Crippen LogP contribution in [0.25, 0.3) is 0 Å². The second kappa shape index (κ2) is 29.3. The first-order chi connectivity index (χ1) is 31.8. The minimum atomic E-state index is -1.09. The molecule has 0 spiro atoms. The third-order valence-electron chi connectivity index (χ3n) is 10.5. The topological polar surface area (TPSA) is 275 Å². The number of unbranched alkanes of at least 4 members (excludes halogenated alkanes) is 1. The Labute approximate surface area is 394 Å². The summed E-state index contributed by atoms with van der Waals surface area (Å²) in [6, 6.07) is 6.02. The fraction of sp³-hybridized carbons (Fsp3) is 0.605. The fourth-order valence-corrected chi connectivity index (χ4v) is 8.89. The molecule has 1 aromatic carbocycles. The van der Waals surface area contributed by atoms with Crippen molar-refractivity contribution in [2.75, 3.05) is 89.3 Å². The maximum absolute atomic E-state index is 13.3. The maximum Gasteiger partial charge on any atom is 0.315 e. The summed E-state index contributed by atoms with van der Waals surface area (Å²) in [5.41, 5.74) is 1.17. The highest BCUT2D eigenvalue weighted by atomic mass is 32.2. The summed E-state index contributed by atoms with van der Waals surface area (Å²) < 4.78 is 16.5. The standard InChI is InChI=1S/C43H63N9O12S2/c1-51(27-36(55)45-19-6-22-63-24-26-64-25-23-62-21-5-18-44-34(53)9-4-20-52-37(56)15-16-38(52)57)41(60)31(14-17-39(58)59)49-43(65)47-30-12-10-29(11-13-30)46-35(54)8-3-2-7-33-40-32(28-66-33)48-42(61)50-40/h10-13,15-16,31-33,40H,2-9,14,17-28H2,1H3,(H,44,53)(H,45,55)(H,46,54)(H,58,59)(H2,47,49,65)(H2,48,50,61)/t31-,32-,33-,40-/m0/s1. The van der Waals surface area contributed by atoms with E-state index in [1.807, 2.05) is 11.8 Å². The van der Waals surface area contributed by atoms with Gasteiger partial charge in [0.1, 0.15) is 6.04 Å². The summed E-state index contributed by atoms with van der Waals surface area (Å²) in [5, 5.41) is 29.9. The lowest BCUT2D eigenvalue weighted by atomic mass is 10.0. The second-order valence-corrected chi connectivity index (χ2v) is 17.5. The molecule has 2 saturated heterocycles. The minimum absolute atomic E-state index is 0.0727. The van der Waals surface area contributed by atoms with E-state index in [0.717, 1.165) is 29.9 Å². The predicted molar refractivity (Wildman–Crippen MR) is 249 cm³/mol. The van der Waals surface area contributed by atoms with Gasteiger partial charge in [0, 0.05) is 93.7 Å². The number of aliphatic carboxylic acids is 1. The van der Waals surface area contributed by atoms with E-state index < -0.39 is 23.8 Å². The Balaban J connectivity index is 0.986. The van der Waals surface area contributed by atoms with Crippen LogP contribution >= 0.6 is 24.0 Å². The van der Waals surface area contributed by atoms with Crippen LogP contribution in [-0.4, -0.2) is 169 Å². The number of fused-ring (bicyclic) bond motifs is 1. The number of carboxylic acid groups (broad SMARTS) is 1. The summed E-state index contributed by atoms with van der Waals surface area (Å²) in [5.74, 6) is -2.08. The molecule has 364 valence electrons. The molecule has 0 aliphatic carbocycles. The number of benzene rings is 1. The predicted octanol–water partition coefficient (Wildman–Crippen LogP) is 1.10. The van der Waals surface area contributed by atoms with Gasteiger partial charge in [0.15, 0.2) is 5.11 Å². The zero-order valence-corrected chi connectivity index (χ0v) is 38.9. The number of anilines is 2. The lowest BCUT2D eigenvalue weighted by molar-refractivity contribution is -0.139.